The van der Waals surface area contributed by atoms with Gasteiger partial charge in [0, 0.05) is 60.8 Å². The number of likely N-dealkylation sites (tertiary alicyclic amines) is 1. The quantitative estimate of drug-likeness (QED) is 0.399. The maximum atomic E-state index is 12.6. The predicted octanol–water partition coefficient (Wildman–Crippen LogP) is 4.85. The van der Waals surface area contributed by atoms with E-state index in [0.717, 1.165) is 42.4 Å². The summed E-state index contributed by atoms with van der Waals surface area (Å²) in [7, 11) is 4.25. The summed E-state index contributed by atoms with van der Waals surface area (Å²) in [4.78, 5) is 38.7. The van der Waals surface area contributed by atoms with Gasteiger partial charge in [0.2, 0.25) is 5.95 Å². The van der Waals surface area contributed by atoms with Crippen molar-refractivity contribution in [3.8, 4) is 0 Å². The molecule has 0 saturated carbocycles. The van der Waals surface area contributed by atoms with Crippen molar-refractivity contribution < 1.29 is 14.3 Å². The summed E-state index contributed by atoms with van der Waals surface area (Å²) in [5.74, 6) is 2.77. The monoisotopic (exact) mass is 610 g/mol. The second kappa shape index (κ2) is 10.0. The second-order valence-corrected chi connectivity index (χ2v) is 14.3. The molecule has 7 heterocycles. The standard InChI is InChI=1S/C34H42N8O3/c1-21-19-44-32(43)41(21)28-8-7-9-29(36-28)42-27-15-33(2,3)45-20-34(27,4)26-16-35-31(37-30(26)42)39(6)22-10-12-23(13-11-22)40-18-24-14-25(40)17-38(24)5/h7-13,16,21,24-25,27H,14-15,17-20H2,1-6H3/t21-,24+,25+,27+,34+/m0/s1. The molecule has 11 nitrogen and oxygen atoms in total. The van der Waals surface area contributed by atoms with E-state index in [2.05, 4.69) is 66.8 Å². The highest BCUT2D eigenvalue weighted by Crippen LogP contribution is 2.53. The number of aromatic nitrogens is 3. The molecule has 8 rings (SSSR count). The van der Waals surface area contributed by atoms with Gasteiger partial charge in [-0.3, -0.25) is 9.80 Å². The Balaban J connectivity index is 1.14. The number of anilines is 6. The number of cyclic esters (lactones) is 1. The first kappa shape index (κ1) is 28.5. The van der Waals surface area contributed by atoms with Crippen LogP contribution in [0.15, 0.2) is 48.7 Å². The topological polar surface area (TPSA) is 90.4 Å². The molecule has 4 fully saturated rings. The van der Waals surface area contributed by atoms with E-state index in [0.29, 0.717) is 37.1 Å². The number of amides is 1. The summed E-state index contributed by atoms with van der Waals surface area (Å²) < 4.78 is 11.7. The lowest BCUT2D eigenvalue weighted by Gasteiger charge is -2.46. The molecule has 4 saturated heterocycles. The molecule has 0 N–H and O–H groups in total. The van der Waals surface area contributed by atoms with Crippen LogP contribution in [0, 0.1) is 0 Å². The smallest absolute Gasteiger partial charge is 0.415 e. The number of likely N-dealkylation sites (N-methyl/N-ethyl adjacent to an activating group) is 1. The first-order chi connectivity index (χ1) is 21.5. The molecule has 5 aliphatic rings. The van der Waals surface area contributed by atoms with Gasteiger partial charge in [0.1, 0.15) is 24.1 Å². The Labute approximate surface area is 264 Å². The van der Waals surface area contributed by atoms with Crippen LogP contribution in [-0.4, -0.2) is 96.1 Å². The van der Waals surface area contributed by atoms with Gasteiger partial charge >= 0.3 is 6.09 Å². The molecule has 11 heteroatoms. The summed E-state index contributed by atoms with van der Waals surface area (Å²) in [6.07, 6.45) is 3.64. The van der Waals surface area contributed by atoms with E-state index < -0.39 is 0 Å². The number of nitrogens with zero attached hydrogens (tertiary/aromatic N) is 8. The van der Waals surface area contributed by atoms with Crippen LogP contribution in [-0.2, 0) is 14.9 Å². The van der Waals surface area contributed by atoms with Crippen molar-refractivity contribution in [3.63, 3.8) is 0 Å². The summed E-state index contributed by atoms with van der Waals surface area (Å²) >= 11 is 0. The Hall–Kier alpha value is -3.96. The number of carbonyl (C=O) groups is 1. The zero-order chi connectivity index (χ0) is 31.2. The van der Waals surface area contributed by atoms with Crippen molar-refractivity contribution in [1.82, 2.24) is 19.9 Å². The van der Waals surface area contributed by atoms with E-state index in [1.807, 2.05) is 43.3 Å². The van der Waals surface area contributed by atoms with Gasteiger partial charge < -0.3 is 24.2 Å². The molecule has 45 heavy (non-hydrogen) atoms. The van der Waals surface area contributed by atoms with Crippen LogP contribution >= 0.6 is 0 Å². The largest absolute Gasteiger partial charge is 0.447 e. The van der Waals surface area contributed by atoms with Crippen LogP contribution in [0.1, 0.15) is 46.1 Å². The molecule has 5 atom stereocenters. The molecule has 0 spiro atoms. The first-order valence-corrected chi connectivity index (χ1v) is 16.1. The number of ether oxygens (including phenoxy) is 2. The lowest BCUT2D eigenvalue weighted by atomic mass is 9.73. The van der Waals surface area contributed by atoms with Crippen LogP contribution in [0.3, 0.4) is 0 Å². The van der Waals surface area contributed by atoms with E-state index in [9.17, 15) is 4.79 Å². The van der Waals surface area contributed by atoms with Gasteiger partial charge in [-0.2, -0.15) is 4.98 Å². The molecule has 1 amide bonds. The number of carbonyl (C=O) groups excluding carboxylic acids is 1. The number of hydrogen-bond acceptors (Lipinski definition) is 10. The van der Waals surface area contributed by atoms with Crippen molar-refractivity contribution in [3.05, 3.63) is 54.2 Å². The first-order valence-electron chi connectivity index (χ1n) is 16.1. The fraction of sp³-hybridized carbons (Fsp3) is 0.529. The van der Waals surface area contributed by atoms with E-state index in [1.165, 1.54) is 12.1 Å². The fourth-order valence-electron chi connectivity index (χ4n) is 8.03. The SMILES string of the molecule is C[C@H]1COC(=O)N1c1cccc(N2c3nc(N(C)c4ccc(N5C[C@H]6C[C@@H]5CN6C)cc4)ncc3[C@@]3(C)COC(C)(C)C[C@@H]23)n1. The Morgan fingerprint density at radius 3 is 2.40 bits per heavy atom. The minimum absolute atomic E-state index is 0.0472. The summed E-state index contributed by atoms with van der Waals surface area (Å²) in [6.45, 7) is 11.6. The average Bonchev–Trinajstić information content (AvgIpc) is 3.77. The van der Waals surface area contributed by atoms with Crippen molar-refractivity contribution in [2.75, 3.05) is 60.0 Å². The molecule has 3 aromatic rings. The van der Waals surface area contributed by atoms with Gasteiger partial charge in [-0.25, -0.2) is 14.8 Å². The highest BCUT2D eigenvalue weighted by molar-refractivity contribution is 5.89. The van der Waals surface area contributed by atoms with Crippen molar-refractivity contribution in [1.29, 1.82) is 0 Å². The molecule has 5 aliphatic heterocycles. The number of piperazine rings is 1. The highest BCUT2D eigenvalue weighted by Gasteiger charge is 2.55. The summed E-state index contributed by atoms with van der Waals surface area (Å²) in [5, 5.41) is 0. The van der Waals surface area contributed by atoms with E-state index >= 15 is 0 Å². The maximum Gasteiger partial charge on any atom is 0.415 e. The van der Waals surface area contributed by atoms with Gasteiger partial charge in [-0.05, 0) is 77.1 Å². The van der Waals surface area contributed by atoms with Gasteiger partial charge in [-0.15, -0.1) is 0 Å². The van der Waals surface area contributed by atoms with Crippen LogP contribution in [0.5, 0.6) is 0 Å². The lowest BCUT2D eigenvalue weighted by Crippen LogP contribution is -2.54. The number of hydrogen-bond donors (Lipinski definition) is 0. The van der Waals surface area contributed by atoms with Crippen LogP contribution in [0.25, 0.3) is 0 Å². The second-order valence-electron chi connectivity index (χ2n) is 14.3. The Morgan fingerprint density at radius 2 is 1.73 bits per heavy atom. The zero-order valence-electron chi connectivity index (χ0n) is 27.0. The summed E-state index contributed by atoms with van der Waals surface area (Å²) in [6, 6.07) is 15.8. The predicted molar refractivity (Wildman–Crippen MR) is 174 cm³/mol. The van der Waals surface area contributed by atoms with Gasteiger partial charge in [0.25, 0.3) is 0 Å². The normalized spacial score (nSPS) is 30.1. The van der Waals surface area contributed by atoms with Crippen molar-refractivity contribution in [2.45, 2.75) is 75.7 Å². The maximum absolute atomic E-state index is 12.6. The molecule has 2 aromatic heterocycles. The molecular weight excluding hydrogens is 568 g/mol. The molecule has 0 aliphatic carbocycles. The van der Waals surface area contributed by atoms with Crippen molar-refractivity contribution >= 4 is 40.9 Å². The number of rotatable bonds is 5. The molecular formula is C34H42N8O3. The third-order valence-corrected chi connectivity index (χ3v) is 10.8. The van der Waals surface area contributed by atoms with Gasteiger partial charge in [0.15, 0.2) is 0 Å². The Kier molecular flexibility index (Phi) is 6.35. The van der Waals surface area contributed by atoms with Crippen LogP contribution in [0.4, 0.5) is 39.6 Å². The molecule has 2 bridgehead atoms. The molecule has 0 radical (unpaired) electrons. The van der Waals surface area contributed by atoms with Crippen molar-refractivity contribution in [2.24, 2.45) is 0 Å². The third kappa shape index (κ3) is 4.46. The third-order valence-electron chi connectivity index (χ3n) is 10.8. The van der Waals surface area contributed by atoms with Crippen LogP contribution in [0.2, 0.25) is 0 Å². The van der Waals surface area contributed by atoms with Gasteiger partial charge in [0.05, 0.1) is 24.3 Å². The fourth-order valence-corrected chi connectivity index (χ4v) is 8.03. The minimum Gasteiger partial charge on any atom is -0.447 e. The highest BCUT2D eigenvalue weighted by atomic mass is 16.6. The number of pyridine rings is 1. The van der Waals surface area contributed by atoms with E-state index in [4.69, 9.17) is 24.4 Å². The van der Waals surface area contributed by atoms with E-state index in [-0.39, 0.29) is 29.2 Å². The average molecular weight is 611 g/mol. The lowest BCUT2D eigenvalue weighted by molar-refractivity contribution is -0.0893. The summed E-state index contributed by atoms with van der Waals surface area (Å²) in [5.41, 5.74) is 2.71. The molecule has 1 aromatic carbocycles. The van der Waals surface area contributed by atoms with E-state index in [1.54, 1.807) is 4.90 Å². The van der Waals surface area contributed by atoms with Crippen LogP contribution < -0.4 is 19.6 Å². The minimum atomic E-state index is -0.368. The molecule has 0 unspecified atom stereocenters. The number of fused-ring (bicyclic) bond motifs is 5. The Bertz CT molecular complexity index is 1650. The Morgan fingerprint density at radius 1 is 0.978 bits per heavy atom. The molecule has 236 valence electrons. The number of benzene rings is 1. The van der Waals surface area contributed by atoms with Gasteiger partial charge in [-0.1, -0.05) is 13.0 Å². The zero-order valence-corrected chi connectivity index (χ0v) is 27.0.